The van der Waals surface area contributed by atoms with E-state index in [0.29, 0.717) is 28.3 Å². The Bertz CT molecular complexity index is 983. The van der Waals surface area contributed by atoms with E-state index in [2.05, 4.69) is 48.0 Å². The van der Waals surface area contributed by atoms with Gasteiger partial charge in [0.15, 0.2) is 0 Å². The lowest BCUT2D eigenvalue weighted by atomic mass is 9.83. The van der Waals surface area contributed by atoms with Gasteiger partial charge in [0.05, 0.1) is 15.7 Å². The van der Waals surface area contributed by atoms with Crippen LogP contribution in [0.1, 0.15) is 45.7 Å². The predicted molar refractivity (Wildman–Crippen MR) is 140 cm³/mol. The Labute approximate surface area is 213 Å². The normalized spacial score (nSPS) is 20.5. The van der Waals surface area contributed by atoms with Gasteiger partial charge in [-0.25, -0.2) is 0 Å². The fourth-order valence-electron chi connectivity index (χ4n) is 5.07. The molecule has 2 aliphatic rings. The highest BCUT2D eigenvalue weighted by atomic mass is 35.5. The fraction of sp³-hybridized carbons (Fsp3) is 0.556. The summed E-state index contributed by atoms with van der Waals surface area (Å²) in [5, 5.41) is 4.50. The van der Waals surface area contributed by atoms with Crippen LogP contribution < -0.4 is 5.32 Å². The van der Waals surface area contributed by atoms with Crippen LogP contribution in [0, 0.1) is 11.3 Å². The molecule has 2 aliphatic heterocycles. The van der Waals surface area contributed by atoms with Gasteiger partial charge < -0.3 is 10.2 Å². The Balaban J connectivity index is 1.39. The second-order valence-corrected chi connectivity index (χ2v) is 11.6. The van der Waals surface area contributed by atoms with Crippen LogP contribution >= 0.6 is 23.2 Å². The number of hydrogen-bond donors (Lipinski definition) is 1. The van der Waals surface area contributed by atoms with Crippen molar-refractivity contribution in [1.82, 2.24) is 20.1 Å². The first-order valence-corrected chi connectivity index (χ1v) is 13.1. The van der Waals surface area contributed by atoms with Crippen molar-refractivity contribution in [3.63, 3.8) is 0 Å². The fourth-order valence-corrected chi connectivity index (χ4v) is 5.36. The summed E-state index contributed by atoms with van der Waals surface area (Å²) in [7, 11) is 0. The number of nitrogens with one attached hydrogen (secondary N) is 1. The zero-order valence-corrected chi connectivity index (χ0v) is 22.0. The molecule has 1 N–H and O–H groups in total. The topological polar surface area (TPSA) is 48.5 Å². The molecule has 0 saturated carbocycles. The molecule has 1 aromatic heterocycles. The zero-order chi connectivity index (χ0) is 24.3. The molecule has 0 spiro atoms. The Hall–Kier alpha value is -1.66. The van der Waals surface area contributed by atoms with Gasteiger partial charge in [0.1, 0.15) is 0 Å². The molecule has 1 unspecified atom stereocenters. The summed E-state index contributed by atoms with van der Waals surface area (Å²) in [5.74, 6) is 0.848. The predicted octanol–water partition coefficient (Wildman–Crippen LogP) is 5.50. The third-order valence-corrected chi connectivity index (χ3v) is 7.91. The molecule has 0 aliphatic carbocycles. The molecular formula is C27H36Cl2N4O. The van der Waals surface area contributed by atoms with Crippen molar-refractivity contribution in [1.29, 1.82) is 0 Å². The van der Waals surface area contributed by atoms with E-state index >= 15 is 0 Å². The first-order valence-electron chi connectivity index (χ1n) is 12.3. The number of rotatable bonds is 5. The van der Waals surface area contributed by atoms with Crippen LogP contribution in [0.4, 0.5) is 0 Å². The van der Waals surface area contributed by atoms with Crippen LogP contribution in [0.25, 0.3) is 11.1 Å². The highest BCUT2D eigenvalue weighted by Crippen LogP contribution is 2.31. The molecule has 2 fully saturated rings. The van der Waals surface area contributed by atoms with Crippen molar-refractivity contribution in [3.05, 3.63) is 52.3 Å². The average Bonchev–Trinajstić information content (AvgIpc) is 2.81. The van der Waals surface area contributed by atoms with Crippen LogP contribution in [-0.4, -0.2) is 59.5 Å². The van der Waals surface area contributed by atoms with Gasteiger partial charge in [-0.2, -0.15) is 0 Å². The van der Waals surface area contributed by atoms with Gasteiger partial charge in [-0.3, -0.25) is 14.7 Å². The molecule has 184 valence electrons. The van der Waals surface area contributed by atoms with Crippen LogP contribution in [0.3, 0.4) is 0 Å². The Morgan fingerprint density at radius 3 is 2.44 bits per heavy atom. The maximum atomic E-state index is 13.3. The number of carbonyl (C=O) groups is 1. The number of aromatic nitrogens is 1. The second-order valence-electron chi connectivity index (χ2n) is 10.8. The van der Waals surface area contributed by atoms with E-state index in [4.69, 9.17) is 28.2 Å². The number of piperazine rings is 1. The van der Waals surface area contributed by atoms with Gasteiger partial charge in [0.2, 0.25) is 5.91 Å². The summed E-state index contributed by atoms with van der Waals surface area (Å²) in [5.41, 5.74) is 3.07. The number of pyridine rings is 1. The van der Waals surface area contributed by atoms with Crippen molar-refractivity contribution in [3.8, 4) is 11.1 Å². The van der Waals surface area contributed by atoms with Crippen molar-refractivity contribution in [2.45, 2.75) is 52.6 Å². The quantitative estimate of drug-likeness (QED) is 0.585. The molecular weight excluding hydrogens is 467 g/mol. The average molecular weight is 504 g/mol. The Morgan fingerprint density at radius 1 is 1.06 bits per heavy atom. The summed E-state index contributed by atoms with van der Waals surface area (Å²) in [6.07, 6.45) is 4.80. The molecule has 2 saturated heterocycles. The van der Waals surface area contributed by atoms with Crippen LogP contribution in [0.5, 0.6) is 0 Å². The van der Waals surface area contributed by atoms with Gasteiger partial charge in [-0.05, 0) is 61.0 Å². The minimum Gasteiger partial charge on any atom is -0.337 e. The van der Waals surface area contributed by atoms with Gasteiger partial charge in [-0.1, -0.05) is 56.1 Å². The van der Waals surface area contributed by atoms with Gasteiger partial charge in [0, 0.05) is 50.4 Å². The first-order chi connectivity index (χ1) is 16.2. The number of halogens is 2. The standard InChI is InChI=1S/C27H36Cl2N4O/c1-27(2,3)25-18-32(12-13-33(25)26(34)14-19-8-10-30-11-9-19)17-22-6-4-21(16-31-22)20-5-7-23(28)24(29)15-20/h4-7,15-16,19,25,30H,8-14,17-18H2,1-3H3. The molecule has 4 rings (SSSR count). The van der Waals surface area contributed by atoms with Crippen molar-refractivity contribution in [2.24, 2.45) is 11.3 Å². The minimum absolute atomic E-state index is 0.0214. The molecule has 0 radical (unpaired) electrons. The Kier molecular flexibility index (Phi) is 8.19. The smallest absolute Gasteiger partial charge is 0.223 e. The van der Waals surface area contributed by atoms with E-state index in [1.165, 1.54) is 0 Å². The van der Waals surface area contributed by atoms with Crippen LogP contribution in [0.15, 0.2) is 36.5 Å². The number of hydrogen-bond acceptors (Lipinski definition) is 4. The second kappa shape index (κ2) is 10.9. The molecule has 2 aromatic rings. The summed E-state index contributed by atoms with van der Waals surface area (Å²) >= 11 is 12.2. The monoisotopic (exact) mass is 502 g/mol. The highest BCUT2D eigenvalue weighted by molar-refractivity contribution is 6.42. The summed E-state index contributed by atoms with van der Waals surface area (Å²) in [6.45, 7) is 12.1. The molecule has 3 heterocycles. The summed E-state index contributed by atoms with van der Waals surface area (Å²) < 4.78 is 0. The molecule has 7 heteroatoms. The van der Waals surface area contributed by atoms with E-state index in [0.717, 1.165) is 68.9 Å². The van der Waals surface area contributed by atoms with Crippen molar-refractivity contribution < 1.29 is 4.79 Å². The number of nitrogens with zero attached hydrogens (tertiary/aromatic N) is 3. The number of carbonyl (C=O) groups excluding carboxylic acids is 1. The SMILES string of the molecule is CC(C)(C)C1CN(Cc2ccc(-c3ccc(Cl)c(Cl)c3)cn2)CCN1C(=O)CC1CCNCC1. The lowest BCUT2D eigenvalue weighted by molar-refractivity contribution is -0.141. The van der Waals surface area contributed by atoms with E-state index in [1.54, 1.807) is 0 Å². The van der Waals surface area contributed by atoms with E-state index < -0.39 is 0 Å². The lowest BCUT2D eigenvalue weighted by Gasteiger charge is -2.47. The number of piperidine rings is 1. The van der Waals surface area contributed by atoms with E-state index in [-0.39, 0.29) is 11.5 Å². The molecule has 1 amide bonds. The van der Waals surface area contributed by atoms with E-state index in [9.17, 15) is 4.79 Å². The maximum absolute atomic E-state index is 13.3. The molecule has 34 heavy (non-hydrogen) atoms. The molecule has 0 bridgehead atoms. The Morgan fingerprint density at radius 2 is 1.79 bits per heavy atom. The van der Waals surface area contributed by atoms with Crippen LogP contribution in [-0.2, 0) is 11.3 Å². The van der Waals surface area contributed by atoms with Crippen molar-refractivity contribution in [2.75, 3.05) is 32.7 Å². The summed E-state index contributed by atoms with van der Waals surface area (Å²) in [6, 6.07) is 10.0. The van der Waals surface area contributed by atoms with Crippen molar-refractivity contribution >= 4 is 29.1 Å². The van der Waals surface area contributed by atoms with Crippen LogP contribution in [0.2, 0.25) is 10.0 Å². The number of benzene rings is 1. The van der Waals surface area contributed by atoms with Gasteiger partial charge in [0.25, 0.3) is 0 Å². The zero-order valence-electron chi connectivity index (χ0n) is 20.5. The maximum Gasteiger partial charge on any atom is 0.223 e. The first kappa shape index (κ1) is 25.4. The molecule has 1 aromatic carbocycles. The third kappa shape index (κ3) is 6.31. The van der Waals surface area contributed by atoms with Gasteiger partial charge >= 0.3 is 0 Å². The summed E-state index contributed by atoms with van der Waals surface area (Å²) in [4.78, 5) is 22.6. The molecule has 1 atom stereocenters. The lowest BCUT2D eigenvalue weighted by Crippen LogP contribution is -2.59. The molecule has 5 nitrogen and oxygen atoms in total. The minimum atomic E-state index is 0.0214. The number of amides is 1. The third-order valence-electron chi connectivity index (χ3n) is 7.17. The van der Waals surface area contributed by atoms with Gasteiger partial charge in [-0.15, -0.1) is 0 Å². The largest absolute Gasteiger partial charge is 0.337 e. The van der Waals surface area contributed by atoms with E-state index in [1.807, 2.05) is 24.4 Å². The highest BCUT2D eigenvalue weighted by Gasteiger charge is 2.38.